The van der Waals surface area contributed by atoms with E-state index >= 15 is 0 Å². The summed E-state index contributed by atoms with van der Waals surface area (Å²) in [6.07, 6.45) is 2.15. The number of benzene rings is 1. The summed E-state index contributed by atoms with van der Waals surface area (Å²) in [5.74, 6) is 0.834. The summed E-state index contributed by atoms with van der Waals surface area (Å²) in [6.45, 7) is 6.84. The maximum atomic E-state index is 12.2. The van der Waals surface area contributed by atoms with Gasteiger partial charge in [-0.25, -0.2) is 8.42 Å². The number of halogens is 1. The molecule has 0 bridgehead atoms. The Labute approximate surface area is 135 Å². The van der Waals surface area contributed by atoms with E-state index < -0.39 is 14.6 Å². The fraction of sp³-hybridized carbons (Fsp3) is 0.600. The second kappa shape index (κ2) is 5.89. The molecule has 6 heteroatoms. The molecule has 0 aliphatic carbocycles. The summed E-state index contributed by atoms with van der Waals surface area (Å²) in [4.78, 5) is 0. The average molecular weight is 376 g/mol. The molecule has 1 aliphatic heterocycles. The van der Waals surface area contributed by atoms with Crippen LogP contribution in [0.25, 0.3) is 0 Å². The van der Waals surface area contributed by atoms with Gasteiger partial charge in [0, 0.05) is 22.7 Å². The minimum Gasteiger partial charge on any atom is -0.493 e. The summed E-state index contributed by atoms with van der Waals surface area (Å²) in [7, 11) is -3.24. The van der Waals surface area contributed by atoms with E-state index in [-0.39, 0.29) is 6.04 Å². The first-order chi connectivity index (χ1) is 9.68. The van der Waals surface area contributed by atoms with E-state index in [2.05, 4.69) is 21.2 Å². The van der Waals surface area contributed by atoms with Gasteiger partial charge in [-0.15, -0.1) is 0 Å². The van der Waals surface area contributed by atoms with Crippen LogP contribution >= 0.6 is 15.9 Å². The van der Waals surface area contributed by atoms with E-state index in [1.807, 2.05) is 19.1 Å². The highest BCUT2D eigenvalue weighted by atomic mass is 79.9. The highest BCUT2D eigenvalue weighted by Gasteiger charge is 2.41. The standard InChI is InChI=1S/C15H22BrNO3S/c1-5-17-14(15(2,3)21(4,18)19)12-9-11(16)8-10-6-7-20-13(10)12/h8-9,14,17H,5-7H2,1-4H3. The highest BCUT2D eigenvalue weighted by Crippen LogP contribution is 2.42. The second-order valence-corrected chi connectivity index (χ2v) is 9.46. The molecule has 0 radical (unpaired) electrons. The fourth-order valence-electron chi connectivity index (χ4n) is 2.66. The largest absolute Gasteiger partial charge is 0.493 e. The van der Waals surface area contributed by atoms with Crippen LogP contribution in [0.1, 0.15) is 37.9 Å². The van der Waals surface area contributed by atoms with Gasteiger partial charge in [0.1, 0.15) is 5.75 Å². The Bertz CT molecular complexity index is 641. The van der Waals surface area contributed by atoms with Crippen molar-refractivity contribution in [1.29, 1.82) is 0 Å². The first-order valence-electron chi connectivity index (χ1n) is 7.06. The topological polar surface area (TPSA) is 55.4 Å². The molecule has 1 aromatic carbocycles. The van der Waals surface area contributed by atoms with Crippen molar-refractivity contribution in [3.63, 3.8) is 0 Å². The molecule has 0 aromatic heterocycles. The number of nitrogens with one attached hydrogen (secondary N) is 1. The SMILES string of the molecule is CCNC(c1cc(Br)cc2c1OCC2)C(C)(C)S(C)(=O)=O. The molecule has 0 amide bonds. The molecule has 2 rings (SSSR count). The van der Waals surface area contributed by atoms with Gasteiger partial charge in [-0.3, -0.25) is 0 Å². The van der Waals surface area contributed by atoms with Crippen LogP contribution in [0.3, 0.4) is 0 Å². The Morgan fingerprint density at radius 1 is 1.43 bits per heavy atom. The Morgan fingerprint density at radius 3 is 2.67 bits per heavy atom. The number of hydrogen-bond acceptors (Lipinski definition) is 4. The van der Waals surface area contributed by atoms with Gasteiger partial charge in [-0.2, -0.15) is 0 Å². The lowest BCUT2D eigenvalue weighted by Crippen LogP contribution is -2.45. The molecular weight excluding hydrogens is 354 g/mol. The van der Waals surface area contributed by atoms with Crippen LogP contribution in [-0.4, -0.2) is 32.6 Å². The van der Waals surface area contributed by atoms with E-state index in [9.17, 15) is 8.42 Å². The molecule has 1 N–H and O–H groups in total. The number of hydrogen-bond donors (Lipinski definition) is 1. The van der Waals surface area contributed by atoms with Crippen LogP contribution in [0.4, 0.5) is 0 Å². The minimum atomic E-state index is -3.24. The predicted octanol–water partition coefficient (Wildman–Crippen LogP) is 2.86. The van der Waals surface area contributed by atoms with Crippen molar-refractivity contribution < 1.29 is 13.2 Å². The third kappa shape index (κ3) is 3.12. The van der Waals surface area contributed by atoms with Crippen LogP contribution in [-0.2, 0) is 16.3 Å². The second-order valence-electron chi connectivity index (χ2n) is 5.95. The molecule has 1 unspecified atom stereocenters. The Hall–Kier alpha value is -0.590. The molecule has 1 atom stereocenters. The summed E-state index contributed by atoms with van der Waals surface area (Å²) >= 11 is 3.52. The van der Waals surface area contributed by atoms with Crippen LogP contribution in [0.15, 0.2) is 16.6 Å². The number of rotatable bonds is 5. The summed E-state index contributed by atoms with van der Waals surface area (Å²) in [6, 6.07) is 3.69. The maximum Gasteiger partial charge on any atom is 0.154 e. The molecule has 4 nitrogen and oxygen atoms in total. The summed E-state index contributed by atoms with van der Waals surface area (Å²) in [5.41, 5.74) is 2.04. The van der Waals surface area contributed by atoms with Gasteiger partial charge in [0.25, 0.3) is 0 Å². The fourth-order valence-corrected chi connectivity index (χ4v) is 3.82. The van der Waals surface area contributed by atoms with E-state index in [0.29, 0.717) is 13.2 Å². The quantitative estimate of drug-likeness (QED) is 0.859. The number of sulfone groups is 1. The maximum absolute atomic E-state index is 12.2. The summed E-state index contributed by atoms with van der Waals surface area (Å²) in [5, 5.41) is 3.32. The lowest BCUT2D eigenvalue weighted by Gasteiger charge is -2.34. The van der Waals surface area contributed by atoms with Crippen molar-refractivity contribution >= 4 is 25.8 Å². The van der Waals surface area contributed by atoms with Gasteiger partial charge in [0.05, 0.1) is 17.4 Å². The van der Waals surface area contributed by atoms with E-state index in [4.69, 9.17) is 4.74 Å². The predicted molar refractivity (Wildman–Crippen MR) is 88.7 cm³/mol. The van der Waals surface area contributed by atoms with Crippen molar-refractivity contribution in [3.05, 3.63) is 27.7 Å². The highest BCUT2D eigenvalue weighted by molar-refractivity contribution is 9.10. The molecule has 1 heterocycles. The van der Waals surface area contributed by atoms with Gasteiger partial charge in [0.15, 0.2) is 9.84 Å². The molecular formula is C15H22BrNO3S. The van der Waals surface area contributed by atoms with Gasteiger partial charge in [-0.1, -0.05) is 22.9 Å². The molecule has 0 fully saturated rings. The molecule has 0 saturated carbocycles. The summed E-state index contributed by atoms with van der Waals surface area (Å²) < 4.78 is 30.3. The third-order valence-electron chi connectivity index (χ3n) is 4.15. The van der Waals surface area contributed by atoms with Crippen molar-refractivity contribution in [3.8, 4) is 5.75 Å². The van der Waals surface area contributed by atoms with Gasteiger partial charge in [0.2, 0.25) is 0 Å². The number of ether oxygens (including phenoxy) is 1. The Kier molecular flexibility index (Phi) is 4.71. The van der Waals surface area contributed by atoms with E-state index in [1.54, 1.807) is 13.8 Å². The van der Waals surface area contributed by atoms with Crippen LogP contribution in [0, 0.1) is 0 Å². The smallest absolute Gasteiger partial charge is 0.154 e. The van der Waals surface area contributed by atoms with Crippen LogP contribution in [0.5, 0.6) is 5.75 Å². The molecule has 0 spiro atoms. The van der Waals surface area contributed by atoms with Gasteiger partial charge >= 0.3 is 0 Å². The molecule has 0 saturated heterocycles. The zero-order valence-electron chi connectivity index (χ0n) is 12.9. The third-order valence-corrected chi connectivity index (χ3v) is 6.75. The lowest BCUT2D eigenvalue weighted by molar-refractivity contribution is 0.341. The molecule has 118 valence electrons. The van der Waals surface area contributed by atoms with Crippen molar-refractivity contribution in [1.82, 2.24) is 5.32 Å². The lowest BCUT2D eigenvalue weighted by atomic mass is 9.92. The Morgan fingerprint density at radius 2 is 2.10 bits per heavy atom. The minimum absolute atomic E-state index is 0.318. The van der Waals surface area contributed by atoms with Gasteiger partial charge in [-0.05, 0) is 38.1 Å². The Balaban J connectivity index is 2.60. The van der Waals surface area contributed by atoms with Crippen LogP contribution in [0.2, 0.25) is 0 Å². The van der Waals surface area contributed by atoms with Crippen molar-refractivity contribution in [2.45, 2.75) is 38.0 Å². The average Bonchev–Trinajstić information content (AvgIpc) is 2.81. The normalized spacial score (nSPS) is 16.4. The van der Waals surface area contributed by atoms with Crippen LogP contribution < -0.4 is 10.1 Å². The molecule has 21 heavy (non-hydrogen) atoms. The first-order valence-corrected chi connectivity index (χ1v) is 9.75. The van der Waals surface area contributed by atoms with E-state index in [0.717, 1.165) is 27.8 Å². The van der Waals surface area contributed by atoms with Crippen molar-refractivity contribution in [2.75, 3.05) is 19.4 Å². The zero-order valence-corrected chi connectivity index (χ0v) is 15.3. The molecule has 1 aliphatic rings. The number of fused-ring (bicyclic) bond motifs is 1. The van der Waals surface area contributed by atoms with Crippen molar-refractivity contribution in [2.24, 2.45) is 0 Å². The first kappa shape index (κ1) is 16.8. The monoisotopic (exact) mass is 375 g/mol. The zero-order chi connectivity index (χ0) is 15.8. The van der Waals surface area contributed by atoms with E-state index in [1.165, 1.54) is 6.26 Å². The molecule has 1 aromatic rings. The van der Waals surface area contributed by atoms with Gasteiger partial charge < -0.3 is 10.1 Å².